The van der Waals surface area contributed by atoms with Gasteiger partial charge in [-0.3, -0.25) is 0 Å². The molecular formula is C22H20N2O. The second-order valence-electron chi connectivity index (χ2n) is 6.13. The number of para-hydroxylation sites is 2. The third kappa shape index (κ3) is 3.41. The maximum absolute atomic E-state index is 5.30. The van der Waals surface area contributed by atoms with Crippen molar-refractivity contribution in [2.75, 3.05) is 7.11 Å². The van der Waals surface area contributed by atoms with E-state index in [1.165, 1.54) is 16.7 Å². The van der Waals surface area contributed by atoms with Crippen molar-refractivity contribution in [3.63, 3.8) is 0 Å². The minimum Gasteiger partial charge on any atom is -0.497 e. The number of methoxy groups -OCH3 is 1. The Bertz CT molecular complexity index is 953. The van der Waals surface area contributed by atoms with Gasteiger partial charge in [0.2, 0.25) is 0 Å². The molecule has 1 aromatic heterocycles. The van der Waals surface area contributed by atoms with Crippen LogP contribution in [0.3, 0.4) is 0 Å². The van der Waals surface area contributed by atoms with Crippen molar-refractivity contribution in [2.45, 2.75) is 12.8 Å². The zero-order valence-corrected chi connectivity index (χ0v) is 14.2. The maximum atomic E-state index is 5.30. The van der Waals surface area contributed by atoms with Gasteiger partial charge in [-0.05, 0) is 47.4 Å². The van der Waals surface area contributed by atoms with Gasteiger partial charge >= 0.3 is 0 Å². The zero-order chi connectivity index (χ0) is 17.1. The average molecular weight is 328 g/mol. The number of hydrogen-bond donors (Lipinski definition) is 1. The first-order chi connectivity index (χ1) is 12.3. The highest BCUT2D eigenvalue weighted by Crippen LogP contribution is 2.24. The molecule has 3 heteroatoms. The number of ether oxygens (including phenoxy) is 1. The Kier molecular flexibility index (Phi) is 4.21. The number of H-pyrrole nitrogens is 1. The molecule has 0 aliphatic rings. The summed E-state index contributed by atoms with van der Waals surface area (Å²) < 4.78 is 5.30. The molecule has 3 aromatic carbocycles. The van der Waals surface area contributed by atoms with Crippen LogP contribution in [0, 0.1) is 0 Å². The van der Waals surface area contributed by atoms with Crippen LogP contribution >= 0.6 is 0 Å². The summed E-state index contributed by atoms with van der Waals surface area (Å²) >= 11 is 0. The quantitative estimate of drug-likeness (QED) is 0.558. The van der Waals surface area contributed by atoms with Crippen LogP contribution in [0.15, 0.2) is 72.8 Å². The molecule has 1 heterocycles. The topological polar surface area (TPSA) is 37.9 Å². The van der Waals surface area contributed by atoms with E-state index < -0.39 is 0 Å². The van der Waals surface area contributed by atoms with Gasteiger partial charge in [0.15, 0.2) is 0 Å². The first-order valence-electron chi connectivity index (χ1n) is 8.49. The lowest BCUT2D eigenvalue weighted by Crippen LogP contribution is -1.93. The summed E-state index contributed by atoms with van der Waals surface area (Å²) in [5.41, 5.74) is 5.82. The van der Waals surface area contributed by atoms with E-state index in [1.54, 1.807) is 7.11 Å². The second kappa shape index (κ2) is 6.81. The van der Waals surface area contributed by atoms with Gasteiger partial charge in [0.1, 0.15) is 11.6 Å². The number of nitrogens with zero attached hydrogens (tertiary/aromatic N) is 1. The van der Waals surface area contributed by atoms with E-state index in [9.17, 15) is 0 Å². The fourth-order valence-corrected chi connectivity index (χ4v) is 3.05. The predicted octanol–water partition coefficient (Wildman–Crippen LogP) is 5.02. The summed E-state index contributed by atoms with van der Waals surface area (Å²) in [5.74, 6) is 1.92. The van der Waals surface area contributed by atoms with Crippen molar-refractivity contribution in [1.29, 1.82) is 0 Å². The van der Waals surface area contributed by atoms with Gasteiger partial charge in [0, 0.05) is 6.42 Å². The van der Waals surface area contributed by atoms with Gasteiger partial charge in [-0.25, -0.2) is 4.98 Å². The van der Waals surface area contributed by atoms with Crippen LogP contribution in [-0.2, 0) is 12.8 Å². The number of aromatic amines is 1. The van der Waals surface area contributed by atoms with Crippen LogP contribution in [-0.4, -0.2) is 17.1 Å². The van der Waals surface area contributed by atoms with Crippen molar-refractivity contribution >= 4 is 11.0 Å². The highest BCUT2D eigenvalue weighted by Gasteiger charge is 2.04. The Hall–Kier alpha value is -3.07. The number of aryl methyl sites for hydroxylation is 2. The van der Waals surface area contributed by atoms with Crippen LogP contribution in [0.4, 0.5) is 0 Å². The summed E-state index contributed by atoms with van der Waals surface area (Å²) in [4.78, 5) is 8.03. The predicted molar refractivity (Wildman–Crippen MR) is 102 cm³/mol. The maximum Gasteiger partial charge on any atom is 0.119 e. The van der Waals surface area contributed by atoms with Gasteiger partial charge in [0.25, 0.3) is 0 Å². The minimum atomic E-state index is 0.881. The molecular weight excluding hydrogens is 308 g/mol. The van der Waals surface area contributed by atoms with E-state index >= 15 is 0 Å². The molecule has 0 radical (unpaired) electrons. The highest BCUT2D eigenvalue weighted by molar-refractivity contribution is 5.74. The van der Waals surface area contributed by atoms with Gasteiger partial charge in [0.05, 0.1) is 18.1 Å². The molecule has 4 aromatic rings. The van der Waals surface area contributed by atoms with Gasteiger partial charge in [-0.15, -0.1) is 0 Å². The third-order valence-electron chi connectivity index (χ3n) is 4.45. The average Bonchev–Trinajstić information content (AvgIpc) is 3.10. The smallest absolute Gasteiger partial charge is 0.119 e. The molecule has 0 atom stereocenters. The molecule has 0 aliphatic carbocycles. The molecule has 0 aliphatic heterocycles. The first kappa shape index (κ1) is 15.5. The molecule has 25 heavy (non-hydrogen) atoms. The molecule has 3 nitrogen and oxygen atoms in total. The Morgan fingerprint density at radius 1 is 0.840 bits per heavy atom. The minimum absolute atomic E-state index is 0.881. The van der Waals surface area contributed by atoms with Crippen molar-refractivity contribution in [3.05, 3.63) is 84.2 Å². The molecule has 0 amide bonds. The molecule has 0 spiro atoms. The fraction of sp³-hybridized carbons (Fsp3) is 0.136. The van der Waals surface area contributed by atoms with E-state index in [1.807, 2.05) is 30.3 Å². The number of rotatable bonds is 5. The summed E-state index contributed by atoms with van der Waals surface area (Å²) in [5, 5.41) is 0. The van der Waals surface area contributed by atoms with Crippen molar-refractivity contribution in [1.82, 2.24) is 9.97 Å². The largest absolute Gasteiger partial charge is 0.497 e. The van der Waals surface area contributed by atoms with Crippen molar-refractivity contribution in [2.24, 2.45) is 0 Å². The summed E-state index contributed by atoms with van der Waals surface area (Å²) in [6, 6.07) is 25.0. The molecule has 0 saturated carbocycles. The number of fused-ring (bicyclic) bond motifs is 1. The number of benzene rings is 3. The Morgan fingerprint density at radius 2 is 1.68 bits per heavy atom. The number of hydrogen-bond acceptors (Lipinski definition) is 2. The van der Waals surface area contributed by atoms with Crippen molar-refractivity contribution < 1.29 is 4.74 Å². The van der Waals surface area contributed by atoms with Crippen LogP contribution < -0.4 is 4.74 Å². The van der Waals surface area contributed by atoms with E-state index in [0.29, 0.717) is 0 Å². The summed E-state index contributed by atoms with van der Waals surface area (Å²) in [7, 11) is 1.69. The van der Waals surface area contributed by atoms with Crippen molar-refractivity contribution in [3.8, 4) is 16.9 Å². The molecule has 1 N–H and O–H groups in total. The molecule has 0 bridgehead atoms. The first-order valence-corrected chi connectivity index (χ1v) is 8.49. The van der Waals surface area contributed by atoms with Crippen LogP contribution in [0.1, 0.15) is 11.4 Å². The van der Waals surface area contributed by atoms with Crippen LogP contribution in [0.2, 0.25) is 0 Å². The molecule has 0 saturated heterocycles. The third-order valence-corrected chi connectivity index (χ3v) is 4.45. The molecule has 0 fully saturated rings. The Morgan fingerprint density at radius 3 is 2.48 bits per heavy atom. The zero-order valence-electron chi connectivity index (χ0n) is 14.2. The molecule has 0 unspecified atom stereocenters. The van der Waals surface area contributed by atoms with Gasteiger partial charge in [-0.1, -0.05) is 48.5 Å². The normalized spacial score (nSPS) is 10.9. The lowest BCUT2D eigenvalue weighted by Gasteiger charge is -2.06. The highest BCUT2D eigenvalue weighted by atomic mass is 16.5. The van der Waals surface area contributed by atoms with E-state index in [4.69, 9.17) is 4.74 Å². The van der Waals surface area contributed by atoms with Crippen LogP contribution in [0.5, 0.6) is 5.75 Å². The molecule has 4 rings (SSSR count). The summed E-state index contributed by atoms with van der Waals surface area (Å²) in [6.07, 6.45) is 1.88. The SMILES string of the molecule is COc1cccc(-c2ccc(CCc3nc4ccccc4[nH]3)cc2)c1. The molecule has 124 valence electrons. The fourth-order valence-electron chi connectivity index (χ4n) is 3.05. The summed E-state index contributed by atoms with van der Waals surface area (Å²) in [6.45, 7) is 0. The Balaban J connectivity index is 1.46. The van der Waals surface area contributed by atoms with Gasteiger partial charge in [-0.2, -0.15) is 0 Å². The van der Waals surface area contributed by atoms with E-state index in [0.717, 1.165) is 35.4 Å². The van der Waals surface area contributed by atoms with E-state index in [2.05, 4.69) is 52.4 Å². The monoisotopic (exact) mass is 328 g/mol. The lowest BCUT2D eigenvalue weighted by atomic mass is 10.0. The number of nitrogens with one attached hydrogen (secondary N) is 1. The van der Waals surface area contributed by atoms with Crippen LogP contribution in [0.25, 0.3) is 22.2 Å². The second-order valence-corrected chi connectivity index (χ2v) is 6.13. The van der Waals surface area contributed by atoms with Gasteiger partial charge < -0.3 is 9.72 Å². The number of aromatic nitrogens is 2. The van der Waals surface area contributed by atoms with E-state index in [-0.39, 0.29) is 0 Å². The standard InChI is InChI=1S/C22H20N2O/c1-25-19-6-4-5-18(15-19)17-12-9-16(10-13-17)11-14-22-23-20-7-2-3-8-21(20)24-22/h2-10,12-13,15H,11,14H2,1H3,(H,23,24). The Labute approximate surface area is 147 Å². The number of imidazole rings is 1. The lowest BCUT2D eigenvalue weighted by molar-refractivity contribution is 0.415.